The number of nitrogens with one attached hydrogen (secondary N) is 1. The molecule has 0 aromatic carbocycles. The van der Waals surface area contributed by atoms with Crippen molar-refractivity contribution in [1.29, 1.82) is 0 Å². The number of piperidine rings is 1. The first-order chi connectivity index (χ1) is 8.01. The van der Waals surface area contributed by atoms with E-state index in [-0.39, 0.29) is 5.91 Å². The monoisotopic (exact) mass is 241 g/mol. The summed E-state index contributed by atoms with van der Waals surface area (Å²) in [7, 11) is 1.80. The van der Waals surface area contributed by atoms with Gasteiger partial charge in [-0.15, -0.1) is 0 Å². The van der Waals surface area contributed by atoms with Crippen LogP contribution in [-0.4, -0.2) is 43.0 Å². The van der Waals surface area contributed by atoms with Crippen molar-refractivity contribution < 1.29 is 4.79 Å². The van der Waals surface area contributed by atoms with Crippen LogP contribution in [-0.2, 0) is 4.79 Å². The summed E-state index contributed by atoms with van der Waals surface area (Å²) in [6.45, 7) is 7.03. The summed E-state index contributed by atoms with van der Waals surface area (Å²) in [5.74, 6) is 0.612. The highest BCUT2D eigenvalue weighted by atomic mass is 16.1. The second kappa shape index (κ2) is 6.36. The van der Waals surface area contributed by atoms with Gasteiger partial charge in [0.2, 0.25) is 5.91 Å². The lowest BCUT2D eigenvalue weighted by Gasteiger charge is -2.37. The summed E-state index contributed by atoms with van der Waals surface area (Å²) in [6, 6.07) is 0. The van der Waals surface area contributed by atoms with Crippen LogP contribution in [0.5, 0.6) is 0 Å². The molecular formula is C13H27N3O. The third-order valence-corrected chi connectivity index (χ3v) is 4.04. The van der Waals surface area contributed by atoms with Crippen LogP contribution in [0.15, 0.2) is 0 Å². The summed E-state index contributed by atoms with van der Waals surface area (Å²) in [5.41, 5.74) is 4.85. The maximum absolute atomic E-state index is 11.4. The number of likely N-dealkylation sites (tertiary alicyclic amines) is 1. The molecule has 1 aliphatic rings. The predicted molar refractivity (Wildman–Crippen MR) is 70.7 cm³/mol. The minimum Gasteiger partial charge on any atom is -0.368 e. The number of nitrogens with zero attached hydrogens (tertiary/aromatic N) is 1. The molecule has 1 rings (SSSR count). The summed E-state index contributed by atoms with van der Waals surface area (Å²) < 4.78 is 0. The lowest BCUT2D eigenvalue weighted by molar-refractivity contribution is -0.124. The Balaban J connectivity index is 2.42. The molecule has 0 spiro atoms. The maximum atomic E-state index is 11.4. The van der Waals surface area contributed by atoms with Crippen molar-refractivity contribution in [3.63, 3.8) is 0 Å². The van der Waals surface area contributed by atoms with E-state index in [1.807, 2.05) is 6.92 Å². The van der Waals surface area contributed by atoms with E-state index in [2.05, 4.69) is 17.1 Å². The third-order valence-electron chi connectivity index (χ3n) is 4.04. The predicted octanol–water partition coefficient (Wildman–Crippen LogP) is 0.962. The molecule has 1 unspecified atom stereocenters. The normalized spacial score (nSPS) is 22.3. The van der Waals surface area contributed by atoms with Gasteiger partial charge < -0.3 is 16.0 Å². The van der Waals surface area contributed by atoms with Crippen LogP contribution in [0.4, 0.5) is 0 Å². The molecule has 0 aliphatic carbocycles. The van der Waals surface area contributed by atoms with Crippen molar-refractivity contribution >= 4 is 5.91 Å². The lowest BCUT2D eigenvalue weighted by atomic mass is 9.91. The number of carbonyl (C=O) groups is 1. The molecule has 0 bridgehead atoms. The molecule has 4 nitrogen and oxygen atoms in total. The van der Waals surface area contributed by atoms with Gasteiger partial charge in [-0.1, -0.05) is 19.8 Å². The number of likely N-dealkylation sites (N-methyl/N-ethyl adjacent to an activating group) is 1. The Morgan fingerprint density at radius 1 is 1.47 bits per heavy atom. The Kier molecular flexibility index (Phi) is 5.40. The van der Waals surface area contributed by atoms with Crippen LogP contribution >= 0.6 is 0 Å². The van der Waals surface area contributed by atoms with Crippen molar-refractivity contribution in [2.75, 3.05) is 26.7 Å². The number of carbonyl (C=O) groups excluding carboxylic acids is 1. The third kappa shape index (κ3) is 3.96. The molecule has 0 aromatic heterocycles. The number of nitrogens with two attached hydrogens (primary N) is 1. The minimum atomic E-state index is -0.600. The van der Waals surface area contributed by atoms with E-state index in [0.29, 0.717) is 0 Å². The zero-order valence-electron chi connectivity index (χ0n) is 11.5. The maximum Gasteiger partial charge on any atom is 0.238 e. The second-order valence-electron chi connectivity index (χ2n) is 5.45. The van der Waals surface area contributed by atoms with E-state index in [1.54, 1.807) is 7.05 Å². The molecule has 1 saturated heterocycles. The molecule has 0 radical (unpaired) electrons. The molecule has 0 aromatic rings. The van der Waals surface area contributed by atoms with Crippen molar-refractivity contribution in [3.8, 4) is 0 Å². The number of rotatable bonds is 6. The fourth-order valence-electron chi connectivity index (χ4n) is 2.57. The van der Waals surface area contributed by atoms with Gasteiger partial charge in [0.25, 0.3) is 0 Å². The molecule has 1 amide bonds. The van der Waals surface area contributed by atoms with Gasteiger partial charge in [-0.3, -0.25) is 4.79 Å². The standard InChI is InChI=1S/C13H27N3O/c1-4-5-11-6-8-16(9-7-11)10-13(2,15-3)12(14)17/h11,15H,4-10H2,1-3H3,(H2,14,17). The smallest absolute Gasteiger partial charge is 0.238 e. The summed E-state index contributed by atoms with van der Waals surface area (Å²) in [5, 5.41) is 3.05. The van der Waals surface area contributed by atoms with E-state index < -0.39 is 5.54 Å². The summed E-state index contributed by atoms with van der Waals surface area (Å²) >= 11 is 0. The highest BCUT2D eigenvalue weighted by molar-refractivity contribution is 5.84. The van der Waals surface area contributed by atoms with Crippen LogP contribution < -0.4 is 11.1 Å². The van der Waals surface area contributed by atoms with Crippen LogP contribution in [0.3, 0.4) is 0 Å². The van der Waals surface area contributed by atoms with Crippen molar-refractivity contribution in [2.45, 2.75) is 45.1 Å². The Morgan fingerprint density at radius 3 is 2.47 bits per heavy atom. The van der Waals surface area contributed by atoms with E-state index in [9.17, 15) is 4.79 Å². The molecule has 1 aliphatic heterocycles. The Hall–Kier alpha value is -0.610. The highest BCUT2D eigenvalue weighted by Gasteiger charge is 2.32. The van der Waals surface area contributed by atoms with E-state index in [4.69, 9.17) is 5.73 Å². The fourth-order valence-corrected chi connectivity index (χ4v) is 2.57. The van der Waals surface area contributed by atoms with Crippen molar-refractivity contribution in [3.05, 3.63) is 0 Å². The second-order valence-corrected chi connectivity index (χ2v) is 5.45. The SMILES string of the molecule is CCCC1CCN(CC(C)(NC)C(N)=O)CC1. The first-order valence-corrected chi connectivity index (χ1v) is 6.73. The minimum absolute atomic E-state index is 0.268. The molecule has 4 heteroatoms. The largest absolute Gasteiger partial charge is 0.368 e. The number of amides is 1. The van der Waals surface area contributed by atoms with Crippen LogP contribution in [0, 0.1) is 5.92 Å². The highest BCUT2D eigenvalue weighted by Crippen LogP contribution is 2.22. The van der Waals surface area contributed by atoms with E-state index in [1.165, 1.54) is 25.7 Å². The zero-order chi connectivity index (χ0) is 12.9. The molecule has 0 saturated carbocycles. The Bertz CT molecular complexity index is 249. The first-order valence-electron chi connectivity index (χ1n) is 6.73. The quantitative estimate of drug-likeness (QED) is 0.728. The average molecular weight is 241 g/mol. The van der Waals surface area contributed by atoms with Gasteiger partial charge in [0.15, 0.2) is 0 Å². The molecular weight excluding hydrogens is 214 g/mol. The zero-order valence-corrected chi connectivity index (χ0v) is 11.5. The molecule has 1 heterocycles. The first kappa shape index (κ1) is 14.5. The number of primary amides is 1. The van der Waals surface area contributed by atoms with Gasteiger partial charge in [-0.2, -0.15) is 0 Å². The fraction of sp³-hybridized carbons (Fsp3) is 0.923. The van der Waals surface area contributed by atoms with Gasteiger partial charge in [0.05, 0.1) is 0 Å². The molecule has 100 valence electrons. The van der Waals surface area contributed by atoms with Crippen molar-refractivity contribution in [2.24, 2.45) is 11.7 Å². The molecule has 1 fully saturated rings. The van der Waals surface area contributed by atoms with Crippen LogP contribution in [0.25, 0.3) is 0 Å². The number of hydrogen-bond acceptors (Lipinski definition) is 3. The number of hydrogen-bond donors (Lipinski definition) is 2. The van der Waals surface area contributed by atoms with E-state index in [0.717, 1.165) is 25.6 Å². The van der Waals surface area contributed by atoms with E-state index >= 15 is 0 Å². The summed E-state index contributed by atoms with van der Waals surface area (Å²) in [4.78, 5) is 13.8. The van der Waals surface area contributed by atoms with Crippen LogP contribution in [0.1, 0.15) is 39.5 Å². The van der Waals surface area contributed by atoms with Gasteiger partial charge in [-0.25, -0.2) is 0 Å². The summed E-state index contributed by atoms with van der Waals surface area (Å²) in [6.07, 6.45) is 5.13. The van der Waals surface area contributed by atoms with Gasteiger partial charge in [0, 0.05) is 6.54 Å². The van der Waals surface area contributed by atoms with Crippen LogP contribution in [0.2, 0.25) is 0 Å². The molecule has 3 N–H and O–H groups in total. The molecule has 17 heavy (non-hydrogen) atoms. The Labute approximate surface area is 105 Å². The van der Waals surface area contributed by atoms with Gasteiger partial charge in [-0.05, 0) is 45.8 Å². The van der Waals surface area contributed by atoms with Gasteiger partial charge >= 0.3 is 0 Å². The Morgan fingerprint density at radius 2 is 2.06 bits per heavy atom. The van der Waals surface area contributed by atoms with Crippen molar-refractivity contribution in [1.82, 2.24) is 10.2 Å². The topological polar surface area (TPSA) is 58.4 Å². The van der Waals surface area contributed by atoms with Gasteiger partial charge in [0.1, 0.15) is 5.54 Å². The lowest BCUT2D eigenvalue weighted by Crippen LogP contribution is -2.59. The average Bonchev–Trinajstić information content (AvgIpc) is 2.31. The molecule has 1 atom stereocenters.